The summed E-state index contributed by atoms with van der Waals surface area (Å²) in [7, 11) is 1.74. The third-order valence-electron chi connectivity index (χ3n) is 4.23. The molecule has 0 unspecified atom stereocenters. The Morgan fingerprint density at radius 1 is 1.15 bits per heavy atom. The van der Waals surface area contributed by atoms with Gasteiger partial charge in [-0.05, 0) is 60.4 Å². The van der Waals surface area contributed by atoms with Gasteiger partial charge < -0.3 is 15.2 Å². The molecule has 26 heavy (non-hydrogen) atoms. The van der Waals surface area contributed by atoms with Crippen LogP contribution in [-0.4, -0.2) is 22.0 Å². The number of pyridine rings is 1. The molecule has 0 aliphatic rings. The lowest BCUT2D eigenvalue weighted by Crippen LogP contribution is -2.38. The molecule has 2 N–H and O–H groups in total. The summed E-state index contributed by atoms with van der Waals surface area (Å²) in [5, 5.41) is 4.46. The molecular formula is C20H20FN3OS. The number of H-pyrrole nitrogens is 1. The molecule has 1 aromatic heterocycles. The van der Waals surface area contributed by atoms with Crippen LogP contribution < -0.4 is 10.9 Å². The SMILES string of the molecule is CNC(=S)N(Cc1ccc(F)cc1)Cc1cc2cc(C)ccc2[nH]c1=O. The van der Waals surface area contributed by atoms with Crippen LogP contribution in [0.25, 0.3) is 10.9 Å². The second-order valence-corrected chi connectivity index (χ2v) is 6.64. The quantitative estimate of drug-likeness (QED) is 0.692. The Morgan fingerprint density at radius 3 is 2.58 bits per heavy atom. The summed E-state index contributed by atoms with van der Waals surface area (Å²) in [5.41, 5.74) is 3.35. The Balaban J connectivity index is 1.92. The van der Waals surface area contributed by atoms with Gasteiger partial charge >= 0.3 is 0 Å². The Bertz CT molecular complexity index is 998. The van der Waals surface area contributed by atoms with Crippen LogP contribution in [0.2, 0.25) is 0 Å². The Hall–Kier alpha value is -2.73. The van der Waals surface area contributed by atoms with Crippen molar-refractivity contribution in [3.63, 3.8) is 0 Å². The van der Waals surface area contributed by atoms with Crippen LogP contribution in [0.3, 0.4) is 0 Å². The number of fused-ring (bicyclic) bond motifs is 1. The highest BCUT2D eigenvalue weighted by Gasteiger charge is 2.13. The first-order chi connectivity index (χ1) is 12.5. The van der Waals surface area contributed by atoms with Gasteiger partial charge in [0.1, 0.15) is 5.82 Å². The van der Waals surface area contributed by atoms with E-state index in [1.165, 1.54) is 12.1 Å². The highest BCUT2D eigenvalue weighted by molar-refractivity contribution is 7.80. The number of aromatic amines is 1. The summed E-state index contributed by atoms with van der Waals surface area (Å²) in [6, 6.07) is 14.1. The zero-order valence-electron chi connectivity index (χ0n) is 14.7. The molecule has 134 valence electrons. The van der Waals surface area contributed by atoms with Crippen molar-refractivity contribution in [2.24, 2.45) is 0 Å². The second kappa shape index (κ2) is 7.66. The van der Waals surface area contributed by atoms with Crippen molar-refractivity contribution in [2.75, 3.05) is 7.05 Å². The molecule has 0 bridgehead atoms. The summed E-state index contributed by atoms with van der Waals surface area (Å²) in [5.74, 6) is -0.280. The first-order valence-corrected chi connectivity index (χ1v) is 8.71. The molecule has 0 saturated heterocycles. The molecule has 4 nitrogen and oxygen atoms in total. The summed E-state index contributed by atoms with van der Waals surface area (Å²) in [6.45, 7) is 2.85. The molecule has 0 fully saturated rings. The fourth-order valence-corrected chi connectivity index (χ4v) is 2.99. The zero-order chi connectivity index (χ0) is 18.7. The van der Waals surface area contributed by atoms with E-state index in [-0.39, 0.29) is 11.4 Å². The standard InChI is InChI=1S/C20H20FN3OS/c1-13-3-8-18-15(9-13)10-16(19(25)23-18)12-24(20(26)22-2)11-14-4-6-17(21)7-5-14/h3-10H,11-12H2,1-2H3,(H,22,26)(H,23,25). The number of nitrogens with zero attached hydrogens (tertiary/aromatic N) is 1. The first kappa shape index (κ1) is 18.1. The van der Waals surface area contributed by atoms with Crippen LogP contribution in [0.1, 0.15) is 16.7 Å². The van der Waals surface area contributed by atoms with Crippen molar-refractivity contribution < 1.29 is 4.39 Å². The fraction of sp³-hybridized carbons (Fsp3) is 0.200. The number of benzene rings is 2. The third-order valence-corrected chi connectivity index (χ3v) is 4.69. The lowest BCUT2D eigenvalue weighted by Gasteiger charge is -2.25. The summed E-state index contributed by atoms with van der Waals surface area (Å²) >= 11 is 5.39. The summed E-state index contributed by atoms with van der Waals surface area (Å²) in [6.07, 6.45) is 0. The van der Waals surface area contributed by atoms with Gasteiger partial charge in [-0.2, -0.15) is 0 Å². The Kier molecular flexibility index (Phi) is 5.32. The number of aryl methyl sites for hydroxylation is 1. The van der Waals surface area contributed by atoms with E-state index in [1.54, 1.807) is 19.2 Å². The van der Waals surface area contributed by atoms with Gasteiger partial charge in [0.05, 0.1) is 6.54 Å². The van der Waals surface area contributed by atoms with Crippen LogP contribution in [0.15, 0.2) is 53.3 Å². The van der Waals surface area contributed by atoms with Crippen molar-refractivity contribution in [3.8, 4) is 0 Å². The molecule has 3 aromatic rings. The van der Waals surface area contributed by atoms with E-state index in [0.29, 0.717) is 23.8 Å². The fourth-order valence-electron chi connectivity index (χ4n) is 2.86. The molecule has 3 rings (SSSR count). The molecule has 0 radical (unpaired) electrons. The monoisotopic (exact) mass is 369 g/mol. The molecular weight excluding hydrogens is 349 g/mol. The van der Waals surface area contributed by atoms with Crippen LogP contribution in [-0.2, 0) is 13.1 Å². The molecule has 1 heterocycles. The van der Waals surface area contributed by atoms with Gasteiger partial charge in [-0.25, -0.2) is 4.39 Å². The van der Waals surface area contributed by atoms with Gasteiger partial charge in [0, 0.05) is 24.7 Å². The minimum atomic E-state index is -0.280. The highest BCUT2D eigenvalue weighted by Crippen LogP contribution is 2.15. The minimum Gasteiger partial charge on any atom is -0.366 e. The molecule has 0 aliphatic carbocycles. The van der Waals surface area contributed by atoms with E-state index in [1.807, 2.05) is 36.1 Å². The minimum absolute atomic E-state index is 0.135. The summed E-state index contributed by atoms with van der Waals surface area (Å²) in [4.78, 5) is 17.3. The van der Waals surface area contributed by atoms with Crippen LogP contribution in [0, 0.1) is 12.7 Å². The van der Waals surface area contributed by atoms with Gasteiger partial charge in [0.25, 0.3) is 5.56 Å². The highest BCUT2D eigenvalue weighted by atomic mass is 32.1. The van der Waals surface area contributed by atoms with Gasteiger partial charge in [-0.15, -0.1) is 0 Å². The number of thiocarbonyl (C=S) groups is 1. The molecule has 0 aliphatic heterocycles. The number of aromatic nitrogens is 1. The van der Waals surface area contributed by atoms with Crippen LogP contribution in [0.4, 0.5) is 4.39 Å². The van der Waals surface area contributed by atoms with E-state index in [0.717, 1.165) is 22.0 Å². The Labute approximate surface area is 156 Å². The zero-order valence-corrected chi connectivity index (χ0v) is 15.5. The molecule has 6 heteroatoms. The average Bonchev–Trinajstić information content (AvgIpc) is 2.63. The van der Waals surface area contributed by atoms with Gasteiger partial charge in [-0.3, -0.25) is 4.79 Å². The van der Waals surface area contributed by atoms with E-state index >= 15 is 0 Å². The van der Waals surface area contributed by atoms with Crippen molar-refractivity contribution in [3.05, 3.63) is 81.4 Å². The van der Waals surface area contributed by atoms with Crippen molar-refractivity contribution in [2.45, 2.75) is 20.0 Å². The smallest absolute Gasteiger partial charge is 0.253 e. The Morgan fingerprint density at radius 2 is 1.88 bits per heavy atom. The maximum absolute atomic E-state index is 13.1. The molecule has 0 spiro atoms. The first-order valence-electron chi connectivity index (χ1n) is 8.30. The average molecular weight is 369 g/mol. The largest absolute Gasteiger partial charge is 0.366 e. The van der Waals surface area contributed by atoms with E-state index in [2.05, 4.69) is 10.3 Å². The van der Waals surface area contributed by atoms with Crippen molar-refractivity contribution in [1.82, 2.24) is 15.2 Å². The molecule has 0 atom stereocenters. The third kappa shape index (κ3) is 4.08. The van der Waals surface area contributed by atoms with Gasteiger partial charge in [0.2, 0.25) is 0 Å². The second-order valence-electron chi connectivity index (χ2n) is 6.25. The number of nitrogens with one attached hydrogen (secondary N) is 2. The normalized spacial score (nSPS) is 10.7. The van der Waals surface area contributed by atoms with Gasteiger partial charge in [-0.1, -0.05) is 23.8 Å². The van der Waals surface area contributed by atoms with Crippen molar-refractivity contribution >= 4 is 28.2 Å². The maximum atomic E-state index is 13.1. The lowest BCUT2D eigenvalue weighted by atomic mass is 10.1. The molecule has 2 aromatic carbocycles. The number of hydrogen-bond acceptors (Lipinski definition) is 2. The van der Waals surface area contributed by atoms with Crippen molar-refractivity contribution in [1.29, 1.82) is 0 Å². The van der Waals surface area contributed by atoms with Crippen LogP contribution in [0.5, 0.6) is 0 Å². The van der Waals surface area contributed by atoms with E-state index < -0.39 is 0 Å². The topological polar surface area (TPSA) is 48.1 Å². The summed E-state index contributed by atoms with van der Waals surface area (Å²) < 4.78 is 13.1. The molecule has 0 amide bonds. The van der Waals surface area contributed by atoms with Crippen LogP contribution >= 0.6 is 12.2 Å². The molecule has 0 saturated carbocycles. The van der Waals surface area contributed by atoms with Gasteiger partial charge in [0.15, 0.2) is 5.11 Å². The van der Waals surface area contributed by atoms with E-state index in [4.69, 9.17) is 12.2 Å². The number of halogens is 1. The lowest BCUT2D eigenvalue weighted by molar-refractivity contribution is 0.400. The number of rotatable bonds is 4. The predicted molar refractivity (Wildman–Crippen MR) is 107 cm³/mol. The maximum Gasteiger partial charge on any atom is 0.253 e. The predicted octanol–water partition coefficient (Wildman–Crippen LogP) is 3.48. The van der Waals surface area contributed by atoms with E-state index in [9.17, 15) is 9.18 Å². The number of hydrogen-bond donors (Lipinski definition) is 2.